The minimum atomic E-state index is -0.562. The highest BCUT2D eigenvalue weighted by atomic mass is 16.3. The molecule has 1 aromatic heterocycles. The first-order chi connectivity index (χ1) is 11.8. The van der Waals surface area contributed by atoms with Gasteiger partial charge in [0.2, 0.25) is 0 Å². The van der Waals surface area contributed by atoms with Gasteiger partial charge in [-0.05, 0) is 30.0 Å². The van der Waals surface area contributed by atoms with Crippen molar-refractivity contribution >= 4 is 0 Å². The number of benzene rings is 2. The standard InChI is InChI=1S/C22H22O2/c1-2-3-10-19-15-20(16-21(23)17-11-6-4-7-12-17)24-22(19)18-13-8-5-9-14-18/h2,4-9,11-15,21,23H,1,3,10,16H2. The second-order valence-corrected chi connectivity index (χ2v) is 5.89. The SMILES string of the molecule is C=CCCc1cc(CC(O)c2ccccc2)oc1-c1ccccc1. The Balaban J connectivity index is 1.86. The van der Waals surface area contributed by atoms with Crippen molar-refractivity contribution in [3.05, 3.63) is 96.3 Å². The number of aryl methyl sites for hydroxylation is 1. The van der Waals surface area contributed by atoms with E-state index in [0.29, 0.717) is 6.42 Å². The van der Waals surface area contributed by atoms with E-state index < -0.39 is 6.10 Å². The fraction of sp³-hybridized carbons (Fsp3) is 0.182. The summed E-state index contributed by atoms with van der Waals surface area (Å²) < 4.78 is 6.10. The first-order valence-corrected chi connectivity index (χ1v) is 8.29. The fourth-order valence-electron chi connectivity index (χ4n) is 2.85. The highest BCUT2D eigenvalue weighted by molar-refractivity contribution is 5.62. The minimum Gasteiger partial charge on any atom is -0.461 e. The van der Waals surface area contributed by atoms with Gasteiger partial charge < -0.3 is 9.52 Å². The predicted octanol–water partition coefficient (Wildman–Crippen LogP) is 5.34. The third-order valence-electron chi connectivity index (χ3n) is 4.09. The molecular weight excluding hydrogens is 296 g/mol. The van der Waals surface area contributed by atoms with Crippen LogP contribution in [-0.4, -0.2) is 5.11 Å². The van der Waals surface area contributed by atoms with E-state index in [1.54, 1.807) is 0 Å². The fourth-order valence-corrected chi connectivity index (χ4v) is 2.85. The van der Waals surface area contributed by atoms with Crippen molar-refractivity contribution in [2.24, 2.45) is 0 Å². The summed E-state index contributed by atoms with van der Waals surface area (Å²) in [4.78, 5) is 0. The smallest absolute Gasteiger partial charge is 0.137 e. The molecule has 0 aliphatic heterocycles. The van der Waals surface area contributed by atoms with Crippen molar-refractivity contribution in [1.82, 2.24) is 0 Å². The van der Waals surface area contributed by atoms with Crippen molar-refractivity contribution in [3.8, 4) is 11.3 Å². The van der Waals surface area contributed by atoms with Crippen LogP contribution in [0.25, 0.3) is 11.3 Å². The number of aliphatic hydroxyl groups excluding tert-OH is 1. The molecule has 0 bridgehead atoms. The summed E-state index contributed by atoms with van der Waals surface area (Å²) in [5.74, 6) is 1.71. The Morgan fingerprint density at radius 2 is 1.67 bits per heavy atom. The van der Waals surface area contributed by atoms with Crippen molar-refractivity contribution in [3.63, 3.8) is 0 Å². The average molecular weight is 318 g/mol. The maximum absolute atomic E-state index is 10.4. The molecule has 0 saturated carbocycles. The molecule has 1 unspecified atom stereocenters. The lowest BCUT2D eigenvalue weighted by atomic mass is 10.0. The summed E-state index contributed by atoms with van der Waals surface area (Å²) in [5.41, 5.74) is 3.14. The number of hydrogen-bond acceptors (Lipinski definition) is 2. The summed E-state index contributed by atoms with van der Waals surface area (Å²) in [7, 11) is 0. The molecule has 0 fully saturated rings. The molecule has 3 aromatic rings. The third kappa shape index (κ3) is 3.84. The van der Waals surface area contributed by atoms with Gasteiger partial charge >= 0.3 is 0 Å². The van der Waals surface area contributed by atoms with Gasteiger partial charge in [-0.3, -0.25) is 0 Å². The number of allylic oxidation sites excluding steroid dienone is 1. The molecule has 1 N–H and O–H groups in total. The number of hydrogen-bond donors (Lipinski definition) is 1. The highest BCUT2D eigenvalue weighted by Crippen LogP contribution is 2.30. The van der Waals surface area contributed by atoms with E-state index in [-0.39, 0.29) is 0 Å². The van der Waals surface area contributed by atoms with Gasteiger partial charge in [-0.1, -0.05) is 66.7 Å². The van der Waals surface area contributed by atoms with Gasteiger partial charge in [0.25, 0.3) is 0 Å². The molecule has 0 amide bonds. The zero-order valence-electron chi connectivity index (χ0n) is 13.7. The highest BCUT2D eigenvalue weighted by Gasteiger charge is 2.16. The molecule has 1 atom stereocenters. The van der Waals surface area contributed by atoms with Crippen molar-refractivity contribution < 1.29 is 9.52 Å². The summed E-state index contributed by atoms with van der Waals surface area (Å²) >= 11 is 0. The largest absolute Gasteiger partial charge is 0.461 e. The average Bonchev–Trinajstić information content (AvgIpc) is 3.04. The quantitative estimate of drug-likeness (QED) is 0.596. The zero-order valence-corrected chi connectivity index (χ0v) is 13.7. The van der Waals surface area contributed by atoms with Gasteiger partial charge in [0.05, 0.1) is 6.10 Å². The van der Waals surface area contributed by atoms with Crippen LogP contribution in [0.4, 0.5) is 0 Å². The second kappa shape index (κ2) is 7.80. The van der Waals surface area contributed by atoms with Gasteiger partial charge in [0.1, 0.15) is 11.5 Å². The van der Waals surface area contributed by atoms with Crippen LogP contribution < -0.4 is 0 Å². The Morgan fingerprint density at radius 3 is 2.33 bits per heavy atom. The minimum absolute atomic E-state index is 0.470. The Kier molecular flexibility index (Phi) is 5.29. The molecule has 0 radical (unpaired) electrons. The summed E-state index contributed by atoms with van der Waals surface area (Å²) in [6, 6.07) is 21.9. The van der Waals surface area contributed by atoms with Crippen LogP contribution in [0.15, 0.2) is 83.8 Å². The van der Waals surface area contributed by atoms with E-state index in [4.69, 9.17) is 4.42 Å². The predicted molar refractivity (Wildman–Crippen MR) is 97.8 cm³/mol. The summed E-state index contributed by atoms with van der Waals surface area (Å²) in [5, 5.41) is 10.4. The first-order valence-electron chi connectivity index (χ1n) is 8.29. The van der Waals surface area contributed by atoms with E-state index in [1.807, 2.05) is 66.7 Å². The van der Waals surface area contributed by atoms with Gasteiger partial charge in [-0.2, -0.15) is 0 Å². The zero-order chi connectivity index (χ0) is 16.8. The number of rotatable bonds is 7. The topological polar surface area (TPSA) is 33.4 Å². The molecule has 1 heterocycles. The maximum atomic E-state index is 10.4. The van der Waals surface area contributed by atoms with Crippen LogP contribution >= 0.6 is 0 Å². The Bertz CT molecular complexity index is 772. The lowest BCUT2D eigenvalue weighted by Gasteiger charge is -2.08. The van der Waals surface area contributed by atoms with Crippen LogP contribution in [0.5, 0.6) is 0 Å². The molecule has 0 saturated heterocycles. The van der Waals surface area contributed by atoms with Crippen LogP contribution in [0.2, 0.25) is 0 Å². The van der Waals surface area contributed by atoms with E-state index in [9.17, 15) is 5.11 Å². The van der Waals surface area contributed by atoms with Crippen molar-refractivity contribution in [2.45, 2.75) is 25.4 Å². The third-order valence-corrected chi connectivity index (χ3v) is 4.09. The number of aliphatic hydroxyl groups is 1. The Hall–Kier alpha value is -2.58. The van der Waals surface area contributed by atoms with Crippen LogP contribution in [-0.2, 0) is 12.8 Å². The lowest BCUT2D eigenvalue weighted by molar-refractivity contribution is 0.171. The second-order valence-electron chi connectivity index (χ2n) is 5.89. The molecule has 2 aromatic carbocycles. The molecule has 0 aliphatic carbocycles. The monoisotopic (exact) mass is 318 g/mol. The first kappa shape index (κ1) is 16.3. The lowest BCUT2D eigenvalue weighted by Crippen LogP contribution is -2.00. The van der Waals surface area contributed by atoms with E-state index >= 15 is 0 Å². The van der Waals surface area contributed by atoms with E-state index in [2.05, 4.69) is 12.6 Å². The molecule has 0 aliphatic rings. The molecule has 0 spiro atoms. The normalized spacial score (nSPS) is 12.0. The molecule has 2 heteroatoms. The van der Waals surface area contributed by atoms with Crippen molar-refractivity contribution in [2.75, 3.05) is 0 Å². The Labute approximate surface area is 143 Å². The summed E-state index contributed by atoms with van der Waals surface area (Å²) in [6.07, 6.45) is 3.62. The molecule has 3 rings (SSSR count). The van der Waals surface area contributed by atoms with Crippen LogP contribution in [0.1, 0.15) is 29.4 Å². The maximum Gasteiger partial charge on any atom is 0.137 e. The Morgan fingerprint density at radius 1 is 1.00 bits per heavy atom. The number of furan rings is 1. The van der Waals surface area contributed by atoms with Gasteiger partial charge in [0.15, 0.2) is 0 Å². The van der Waals surface area contributed by atoms with Gasteiger partial charge in [-0.25, -0.2) is 0 Å². The molecule has 2 nitrogen and oxygen atoms in total. The molecule has 122 valence electrons. The van der Waals surface area contributed by atoms with Crippen LogP contribution in [0.3, 0.4) is 0 Å². The molecule has 24 heavy (non-hydrogen) atoms. The van der Waals surface area contributed by atoms with Crippen molar-refractivity contribution in [1.29, 1.82) is 0 Å². The van der Waals surface area contributed by atoms with Gasteiger partial charge in [0, 0.05) is 12.0 Å². The summed E-state index contributed by atoms with van der Waals surface area (Å²) in [6.45, 7) is 3.80. The molecular formula is C22H22O2. The van der Waals surface area contributed by atoms with E-state index in [1.165, 1.54) is 0 Å². The van der Waals surface area contributed by atoms with Crippen LogP contribution in [0, 0.1) is 0 Å². The van der Waals surface area contributed by atoms with E-state index in [0.717, 1.165) is 41.1 Å². The van der Waals surface area contributed by atoms with Gasteiger partial charge in [-0.15, -0.1) is 6.58 Å².